The highest BCUT2D eigenvalue weighted by molar-refractivity contribution is 5.86. The van der Waals surface area contributed by atoms with Gasteiger partial charge in [-0.25, -0.2) is 0 Å². The summed E-state index contributed by atoms with van der Waals surface area (Å²) >= 11 is 0. The Morgan fingerprint density at radius 3 is 2.37 bits per heavy atom. The molecule has 0 radical (unpaired) electrons. The van der Waals surface area contributed by atoms with Crippen LogP contribution < -0.4 is 5.32 Å². The van der Waals surface area contributed by atoms with Crippen LogP contribution in [-0.2, 0) is 0 Å². The maximum absolute atomic E-state index is 11.7. The number of rotatable bonds is 5. The van der Waals surface area contributed by atoms with Crippen LogP contribution in [0.2, 0.25) is 0 Å². The Bertz CT molecular complexity index is 1100. The van der Waals surface area contributed by atoms with Gasteiger partial charge >= 0.3 is 0 Å². The van der Waals surface area contributed by atoms with Crippen molar-refractivity contribution in [2.75, 3.05) is 5.32 Å². The van der Waals surface area contributed by atoms with E-state index in [9.17, 15) is 10.1 Å². The standard InChI is InChI=1S/C22H19N3O2/c1-15-21(17-11-5-7-13-19(17)23-15)22(24-16-9-3-2-4-10-16)18-12-6-8-14-20(18)25(26)27/h2-14,22-24H,1H3. The van der Waals surface area contributed by atoms with Crippen molar-refractivity contribution in [3.8, 4) is 0 Å². The predicted octanol–water partition coefficient (Wildman–Crippen LogP) is 5.59. The van der Waals surface area contributed by atoms with Crippen LogP contribution in [-0.4, -0.2) is 9.91 Å². The number of anilines is 1. The van der Waals surface area contributed by atoms with Gasteiger partial charge in [-0.15, -0.1) is 0 Å². The molecule has 4 aromatic rings. The normalized spacial score (nSPS) is 12.0. The predicted molar refractivity (Wildman–Crippen MR) is 108 cm³/mol. The minimum Gasteiger partial charge on any atom is -0.374 e. The molecular weight excluding hydrogens is 338 g/mol. The quantitative estimate of drug-likeness (QED) is 0.361. The third-order valence-corrected chi connectivity index (χ3v) is 4.76. The first-order valence-corrected chi connectivity index (χ1v) is 8.77. The second kappa shape index (κ2) is 6.96. The zero-order chi connectivity index (χ0) is 18.8. The van der Waals surface area contributed by atoms with Crippen LogP contribution in [0.3, 0.4) is 0 Å². The van der Waals surface area contributed by atoms with Gasteiger partial charge in [0.1, 0.15) is 0 Å². The SMILES string of the molecule is Cc1[nH]c2ccccc2c1C(Nc1ccccc1)c1ccccc1[N+](=O)[O-]. The summed E-state index contributed by atoms with van der Waals surface area (Å²) in [6.45, 7) is 2.00. The minimum atomic E-state index is -0.356. The van der Waals surface area contributed by atoms with Crippen molar-refractivity contribution >= 4 is 22.3 Å². The van der Waals surface area contributed by atoms with Gasteiger partial charge in [-0.2, -0.15) is 0 Å². The molecule has 1 heterocycles. The lowest BCUT2D eigenvalue weighted by atomic mass is 9.94. The fourth-order valence-electron chi connectivity index (χ4n) is 3.57. The second-order valence-electron chi connectivity index (χ2n) is 6.47. The highest BCUT2D eigenvalue weighted by atomic mass is 16.6. The number of aromatic nitrogens is 1. The van der Waals surface area contributed by atoms with Crippen LogP contribution >= 0.6 is 0 Å². The number of nitrogens with zero attached hydrogens (tertiary/aromatic N) is 1. The summed E-state index contributed by atoms with van der Waals surface area (Å²) < 4.78 is 0. The van der Waals surface area contributed by atoms with E-state index in [1.165, 1.54) is 0 Å². The number of para-hydroxylation sites is 3. The highest BCUT2D eigenvalue weighted by Crippen LogP contribution is 2.37. The van der Waals surface area contributed by atoms with E-state index in [1.807, 2.05) is 73.7 Å². The molecule has 27 heavy (non-hydrogen) atoms. The molecule has 1 unspecified atom stereocenters. The number of nitrogens with one attached hydrogen (secondary N) is 2. The summed E-state index contributed by atoms with van der Waals surface area (Å²) in [6, 6.07) is 24.3. The first-order valence-electron chi connectivity index (χ1n) is 8.77. The zero-order valence-electron chi connectivity index (χ0n) is 14.8. The third-order valence-electron chi connectivity index (χ3n) is 4.76. The van der Waals surface area contributed by atoms with Crippen LogP contribution in [0.4, 0.5) is 11.4 Å². The van der Waals surface area contributed by atoms with Crippen molar-refractivity contribution in [3.05, 3.63) is 106 Å². The lowest BCUT2D eigenvalue weighted by Gasteiger charge is -2.21. The van der Waals surface area contributed by atoms with Crippen molar-refractivity contribution in [3.63, 3.8) is 0 Å². The summed E-state index contributed by atoms with van der Waals surface area (Å²) in [5.41, 5.74) is 4.68. The van der Waals surface area contributed by atoms with E-state index in [2.05, 4.69) is 10.3 Å². The van der Waals surface area contributed by atoms with E-state index < -0.39 is 0 Å². The van der Waals surface area contributed by atoms with Gasteiger partial charge in [-0.3, -0.25) is 10.1 Å². The Morgan fingerprint density at radius 2 is 1.59 bits per heavy atom. The highest BCUT2D eigenvalue weighted by Gasteiger charge is 2.27. The van der Waals surface area contributed by atoms with Gasteiger partial charge in [0.15, 0.2) is 0 Å². The molecule has 0 bridgehead atoms. The van der Waals surface area contributed by atoms with E-state index in [0.29, 0.717) is 5.56 Å². The molecule has 2 N–H and O–H groups in total. The van der Waals surface area contributed by atoms with Crippen molar-refractivity contribution in [2.24, 2.45) is 0 Å². The van der Waals surface area contributed by atoms with Crippen molar-refractivity contribution in [1.82, 2.24) is 4.98 Å². The van der Waals surface area contributed by atoms with Gasteiger partial charge in [-0.1, -0.05) is 48.5 Å². The molecule has 134 valence electrons. The van der Waals surface area contributed by atoms with Crippen LogP contribution in [0.1, 0.15) is 22.9 Å². The monoisotopic (exact) mass is 357 g/mol. The molecule has 0 saturated carbocycles. The van der Waals surface area contributed by atoms with E-state index in [0.717, 1.165) is 27.8 Å². The average molecular weight is 357 g/mol. The summed E-state index contributed by atoms with van der Waals surface area (Å²) in [6.07, 6.45) is 0. The van der Waals surface area contributed by atoms with Crippen molar-refractivity contribution in [1.29, 1.82) is 0 Å². The average Bonchev–Trinajstić information content (AvgIpc) is 3.02. The van der Waals surface area contributed by atoms with Crippen molar-refractivity contribution < 1.29 is 4.92 Å². The number of nitro groups is 1. The minimum absolute atomic E-state index is 0.107. The molecular formula is C22H19N3O2. The van der Waals surface area contributed by atoms with E-state index in [-0.39, 0.29) is 16.7 Å². The van der Waals surface area contributed by atoms with Crippen molar-refractivity contribution in [2.45, 2.75) is 13.0 Å². The van der Waals surface area contributed by atoms with E-state index in [4.69, 9.17) is 0 Å². The zero-order valence-corrected chi connectivity index (χ0v) is 14.8. The van der Waals surface area contributed by atoms with Crippen LogP contribution in [0.5, 0.6) is 0 Å². The lowest BCUT2D eigenvalue weighted by molar-refractivity contribution is -0.385. The topological polar surface area (TPSA) is 71.0 Å². The Labute approximate surface area is 156 Å². The summed E-state index contributed by atoms with van der Waals surface area (Å²) in [5.74, 6) is 0. The Morgan fingerprint density at radius 1 is 0.926 bits per heavy atom. The molecule has 1 aromatic heterocycles. The third kappa shape index (κ3) is 3.15. The van der Waals surface area contributed by atoms with Crippen LogP contribution in [0.25, 0.3) is 10.9 Å². The van der Waals surface area contributed by atoms with Gasteiger partial charge in [0.2, 0.25) is 0 Å². The Balaban J connectivity index is 1.94. The number of H-pyrrole nitrogens is 1. The largest absolute Gasteiger partial charge is 0.374 e. The molecule has 0 saturated heterocycles. The molecule has 4 rings (SSSR count). The number of aryl methyl sites for hydroxylation is 1. The summed E-state index contributed by atoms with van der Waals surface area (Å²) in [5, 5.41) is 16.2. The van der Waals surface area contributed by atoms with E-state index >= 15 is 0 Å². The fraction of sp³-hybridized carbons (Fsp3) is 0.0909. The second-order valence-corrected chi connectivity index (χ2v) is 6.47. The number of benzene rings is 3. The van der Waals surface area contributed by atoms with Gasteiger partial charge in [0, 0.05) is 33.9 Å². The molecule has 0 aliphatic carbocycles. The van der Waals surface area contributed by atoms with Gasteiger partial charge < -0.3 is 10.3 Å². The molecule has 0 spiro atoms. The number of aromatic amines is 1. The maximum atomic E-state index is 11.7. The molecule has 0 amide bonds. The molecule has 0 aliphatic rings. The number of fused-ring (bicyclic) bond motifs is 1. The van der Waals surface area contributed by atoms with E-state index in [1.54, 1.807) is 12.1 Å². The maximum Gasteiger partial charge on any atom is 0.275 e. The summed E-state index contributed by atoms with van der Waals surface area (Å²) in [7, 11) is 0. The number of hydrogen-bond acceptors (Lipinski definition) is 3. The van der Waals surface area contributed by atoms with Gasteiger partial charge in [0.25, 0.3) is 5.69 Å². The summed E-state index contributed by atoms with van der Waals surface area (Å²) in [4.78, 5) is 14.7. The van der Waals surface area contributed by atoms with Gasteiger partial charge in [-0.05, 0) is 31.2 Å². The Hall–Kier alpha value is -3.60. The lowest BCUT2D eigenvalue weighted by Crippen LogP contribution is -2.15. The van der Waals surface area contributed by atoms with Gasteiger partial charge in [0.05, 0.1) is 16.5 Å². The number of hydrogen-bond donors (Lipinski definition) is 2. The van der Waals surface area contributed by atoms with Crippen LogP contribution in [0.15, 0.2) is 78.9 Å². The smallest absolute Gasteiger partial charge is 0.275 e. The molecule has 5 nitrogen and oxygen atoms in total. The molecule has 0 aliphatic heterocycles. The molecule has 5 heteroatoms. The first kappa shape index (κ1) is 16.8. The first-order chi connectivity index (χ1) is 13.1. The molecule has 3 aromatic carbocycles. The molecule has 1 atom stereocenters. The molecule has 0 fully saturated rings. The fourth-order valence-corrected chi connectivity index (χ4v) is 3.57. The van der Waals surface area contributed by atoms with Crippen LogP contribution in [0, 0.1) is 17.0 Å². The number of nitro benzene ring substituents is 1. The Kier molecular flexibility index (Phi) is 4.34.